The highest BCUT2D eigenvalue weighted by atomic mass is 16.2. The second-order valence-electron chi connectivity index (χ2n) is 13.9. The number of para-hydroxylation sites is 1. The molecule has 0 radical (unpaired) electrons. The molecule has 0 aromatic heterocycles. The Morgan fingerprint density at radius 3 is 2.00 bits per heavy atom. The maximum Gasteiger partial charge on any atom is 0.253 e. The van der Waals surface area contributed by atoms with Gasteiger partial charge in [0.25, 0.3) is 5.91 Å². The van der Waals surface area contributed by atoms with Crippen LogP contribution in [0, 0.1) is 17.8 Å². The van der Waals surface area contributed by atoms with E-state index >= 15 is 0 Å². The van der Waals surface area contributed by atoms with Crippen molar-refractivity contribution >= 4 is 35.2 Å². The average molecular weight is 663 g/mol. The Kier molecular flexibility index (Phi) is 13.7. The summed E-state index contributed by atoms with van der Waals surface area (Å²) >= 11 is 0. The minimum atomic E-state index is -0.852. The van der Waals surface area contributed by atoms with Gasteiger partial charge in [-0.25, -0.2) is 0 Å². The number of rotatable bonds is 14. The molecule has 1 heterocycles. The van der Waals surface area contributed by atoms with Crippen LogP contribution in [0.25, 0.3) is 0 Å². The summed E-state index contributed by atoms with van der Waals surface area (Å²) in [5, 5.41) is 8.75. The molecule has 0 unspecified atom stereocenters. The van der Waals surface area contributed by atoms with Gasteiger partial charge in [-0.2, -0.15) is 0 Å². The normalized spacial score (nSPS) is 16.5. The summed E-state index contributed by atoms with van der Waals surface area (Å²) in [4.78, 5) is 73.0. The summed E-state index contributed by atoms with van der Waals surface area (Å²) in [7, 11) is 5.25. The lowest BCUT2D eigenvalue weighted by molar-refractivity contribution is -0.150. The van der Waals surface area contributed by atoms with Crippen molar-refractivity contribution in [1.82, 2.24) is 25.3 Å². The predicted octanol–water partition coefficient (Wildman–Crippen LogP) is 3.76. The van der Waals surface area contributed by atoms with E-state index in [0.717, 1.165) is 5.56 Å². The van der Waals surface area contributed by atoms with E-state index in [1.54, 1.807) is 36.2 Å². The summed E-state index contributed by atoms with van der Waals surface area (Å²) in [6.07, 6.45) is 1.07. The molecule has 5 amide bonds. The van der Waals surface area contributed by atoms with Crippen molar-refractivity contribution in [2.24, 2.45) is 17.8 Å². The Labute approximate surface area is 285 Å². The number of benzene rings is 2. The summed E-state index contributed by atoms with van der Waals surface area (Å²) in [5.74, 6) is -2.11. The monoisotopic (exact) mass is 662 g/mol. The molecule has 2 aromatic rings. The van der Waals surface area contributed by atoms with Crippen LogP contribution in [0.2, 0.25) is 0 Å². The number of nitrogens with zero attached hydrogens (tertiary/aromatic N) is 3. The first-order valence-electron chi connectivity index (χ1n) is 16.9. The number of anilines is 1. The number of nitrogens with one attached hydrogen (secondary N) is 3. The van der Waals surface area contributed by atoms with Gasteiger partial charge >= 0.3 is 0 Å². The molecule has 0 saturated carbocycles. The zero-order valence-corrected chi connectivity index (χ0v) is 29.9. The fourth-order valence-electron chi connectivity index (χ4n) is 6.49. The molecule has 0 bridgehead atoms. The molecule has 0 aliphatic carbocycles. The number of carbonyl (C=O) groups excluding carboxylic acids is 5. The third kappa shape index (κ3) is 9.43. The molecular weight excluding hydrogens is 608 g/mol. The minimum Gasteiger partial charge on any atom is -0.348 e. The molecule has 11 heteroatoms. The maximum absolute atomic E-state index is 14.2. The van der Waals surface area contributed by atoms with Gasteiger partial charge in [-0.3, -0.25) is 28.9 Å². The Morgan fingerprint density at radius 1 is 0.812 bits per heavy atom. The van der Waals surface area contributed by atoms with Crippen molar-refractivity contribution < 1.29 is 24.0 Å². The Hall–Kier alpha value is -4.25. The zero-order chi connectivity index (χ0) is 35.7. The van der Waals surface area contributed by atoms with Crippen LogP contribution in [-0.4, -0.2) is 96.1 Å². The van der Waals surface area contributed by atoms with E-state index < -0.39 is 30.1 Å². The molecule has 262 valence electrons. The first-order chi connectivity index (χ1) is 22.6. The van der Waals surface area contributed by atoms with Gasteiger partial charge < -0.3 is 25.8 Å². The minimum absolute atomic E-state index is 0.0273. The number of amides is 5. The van der Waals surface area contributed by atoms with Gasteiger partial charge in [0.05, 0.1) is 17.3 Å². The molecule has 1 aliphatic heterocycles. The van der Waals surface area contributed by atoms with Crippen molar-refractivity contribution in [3.63, 3.8) is 0 Å². The topological polar surface area (TPSA) is 131 Å². The number of hydrogen-bond donors (Lipinski definition) is 3. The highest BCUT2D eigenvalue weighted by Crippen LogP contribution is 2.25. The van der Waals surface area contributed by atoms with Crippen LogP contribution in [0.15, 0.2) is 54.6 Å². The van der Waals surface area contributed by atoms with Crippen LogP contribution < -0.4 is 16.0 Å². The predicted molar refractivity (Wildman–Crippen MR) is 188 cm³/mol. The molecule has 3 N–H and O–H groups in total. The van der Waals surface area contributed by atoms with E-state index in [9.17, 15) is 24.0 Å². The molecule has 2 aromatic carbocycles. The summed E-state index contributed by atoms with van der Waals surface area (Å²) in [6.45, 7) is 12.1. The maximum atomic E-state index is 14.2. The Bertz CT molecular complexity index is 1420. The first-order valence-corrected chi connectivity index (χ1v) is 16.9. The second-order valence-corrected chi connectivity index (χ2v) is 13.9. The van der Waals surface area contributed by atoms with E-state index in [2.05, 4.69) is 16.0 Å². The van der Waals surface area contributed by atoms with Crippen molar-refractivity contribution in [1.29, 1.82) is 0 Å². The van der Waals surface area contributed by atoms with Gasteiger partial charge in [-0.05, 0) is 62.4 Å². The Morgan fingerprint density at radius 2 is 1.42 bits per heavy atom. The smallest absolute Gasteiger partial charge is 0.253 e. The average Bonchev–Trinajstić information content (AvgIpc) is 3.53. The number of carbonyl (C=O) groups is 5. The molecule has 3 rings (SSSR count). The van der Waals surface area contributed by atoms with Crippen molar-refractivity contribution in [2.75, 3.05) is 33.0 Å². The van der Waals surface area contributed by atoms with Gasteiger partial charge in [0.15, 0.2) is 0 Å². The molecule has 1 saturated heterocycles. The summed E-state index contributed by atoms with van der Waals surface area (Å²) in [5.41, 5.74) is 1.62. The van der Waals surface area contributed by atoms with E-state index in [4.69, 9.17) is 0 Å². The number of likely N-dealkylation sites (N-methyl/N-ethyl adjacent to an activating group) is 2. The van der Waals surface area contributed by atoms with Crippen LogP contribution in [0.4, 0.5) is 5.69 Å². The molecule has 0 spiro atoms. The van der Waals surface area contributed by atoms with Crippen LogP contribution in [0.5, 0.6) is 0 Å². The van der Waals surface area contributed by atoms with Gasteiger partial charge in [-0.15, -0.1) is 0 Å². The summed E-state index contributed by atoms with van der Waals surface area (Å²) in [6, 6.07) is 13.5. The third-order valence-corrected chi connectivity index (χ3v) is 8.90. The van der Waals surface area contributed by atoms with Gasteiger partial charge in [0.2, 0.25) is 23.6 Å². The van der Waals surface area contributed by atoms with Crippen LogP contribution >= 0.6 is 0 Å². The highest BCUT2D eigenvalue weighted by molar-refractivity contribution is 6.06. The zero-order valence-electron chi connectivity index (χ0n) is 29.9. The lowest BCUT2D eigenvalue weighted by Crippen LogP contribution is -2.60. The van der Waals surface area contributed by atoms with Gasteiger partial charge in [0.1, 0.15) is 18.1 Å². The van der Waals surface area contributed by atoms with Gasteiger partial charge in [0, 0.05) is 20.1 Å². The third-order valence-electron chi connectivity index (χ3n) is 8.90. The molecule has 1 aliphatic rings. The van der Waals surface area contributed by atoms with Crippen LogP contribution in [0.3, 0.4) is 0 Å². The first kappa shape index (κ1) is 38.2. The van der Waals surface area contributed by atoms with Crippen LogP contribution in [-0.2, 0) is 25.7 Å². The summed E-state index contributed by atoms with van der Waals surface area (Å²) < 4.78 is 0. The van der Waals surface area contributed by atoms with Crippen molar-refractivity contribution in [2.45, 2.75) is 85.1 Å². The van der Waals surface area contributed by atoms with E-state index in [1.165, 1.54) is 4.90 Å². The molecule has 1 fully saturated rings. The molecule has 11 nitrogen and oxygen atoms in total. The van der Waals surface area contributed by atoms with E-state index in [-0.39, 0.29) is 41.4 Å². The van der Waals surface area contributed by atoms with Crippen LogP contribution in [0.1, 0.15) is 70.3 Å². The quantitative estimate of drug-likeness (QED) is 0.283. The number of hydrogen-bond acceptors (Lipinski definition) is 6. The van der Waals surface area contributed by atoms with Crippen molar-refractivity contribution in [3.8, 4) is 0 Å². The molecular formula is C37H54N6O5. The second kappa shape index (κ2) is 17.2. The van der Waals surface area contributed by atoms with E-state index in [1.807, 2.05) is 90.9 Å². The standard InChI is InChI=1S/C37H54N6O5/c1-23(2)30(40-35(46)31(24(3)4)41(7)8)36(47)42(9)32(25(5)6)37(48)43-21-15-20-29(43)34(45)39-28-19-14-13-18-27(28)33(44)38-22-26-16-11-10-12-17-26/h10-14,16-19,23-25,29-32H,15,20-22H2,1-9H3,(H,38,44)(H,39,45)(H,40,46)/t29-,30-,31-,32-/m0/s1. The fraction of sp³-hybridized carbons (Fsp3) is 0.541. The SMILES string of the molecule is CC(C)[C@H](NC(=O)[C@H](C(C)C)N(C)C)C(=O)N(C)[C@H](C(=O)N1CCC[C@H]1C(=O)Nc1ccccc1C(=O)NCc1ccccc1)C(C)C. The van der Waals surface area contributed by atoms with Gasteiger partial charge in [-0.1, -0.05) is 84.0 Å². The van der Waals surface area contributed by atoms with E-state index in [0.29, 0.717) is 37.2 Å². The van der Waals surface area contributed by atoms with Crippen molar-refractivity contribution in [3.05, 3.63) is 65.7 Å². The Balaban J connectivity index is 1.76. The number of likely N-dealkylation sites (tertiary alicyclic amines) is 1. The molecule has 4 atom stereocenters. The lowest BCUT2D eigenvalue weighted by Gasteiger charge is -2.38. The lowest BCUT2D eigenvalue weighted by atomic mass is 9.96. The highest BCUT2D eigenvalue weighted by Gasteiger charge is 2.42. The fourth-order valence-corrected chi connectivity index (χ4v) is 6.49. The largest absolute Gasteiger partial charge is 0.348 e. The molecule has 48 heavy (non-hydrogen) atoms.